The number of nitrogens with zero attached hydrogens (tertiary/aromatic N) is 3. The van der Waals surface area contributed by atoms with Crippen molar-refractivity contribution in [2.24, 2.45) is 5.73 Å². The number of carbonyl (C=O) groups is 2. The molecule has 0 fully saturated rings. The van der Waals surface area contributed by atoms with Gasteiger partial charge in [-0.2, -0.15) is 5.10 Å². The minimum atomic E-state index is -0.516. The molecule has 3 aromatic rings. The smallest absolute Gasteiger partial charge is 0.339 e. The molecule has 0 aliphatic carbocycles. The Bertz CT molecular complexity index is 993. The number of esters is 1. The number of nitrogens with one attached hydrogen (secondary N) is 1. The first-order chi connectivity index (χ1) is 11.9. The number of methoxy groups -OCH3 is 1. The van der Waals surface area contributed by atoms with Gasteiger partial charge in [0, 0.05) is 16.9 Å². The molecule has 0 bridgehead atoms. The summed E-state index contributed by atoms with van der Waals surface area (Å²) in [5.74, 6) is -0.536. The first-order valence-electron chi connectivity index (χ1n) is 7.52. The summed E-state index contributed by atoms with van der Waals surface area (Å²) >= 11 is 0. The normalized spacial score (nSPS) is 10.7. The van der Waals surface area contributed by atoms with Crippen LogP contribution in [0.4, 0.5) is 11.6 Å². The largest absolute Gasteiger partial charge is 0.465 e. The van der Waals surface area contributed by atoms with E-state index in [0.29, 0.717) is 34.0 Å². The molecule has 128 valence electrons. The minimum absolute atomic E-state index is 0.382. The van der Waals surface area contributed by atoms with Crippen molar-refractivity contribution in [3.8, 4) is 0 Å². The van der Waals surface area contributed by atoms with E-state index in [9.17, 15) is 9.59 Å². The van der Waals surface area contributed by atoms with Crippen LogP contribution in [0.3, 0.4) is 0 Å². The second-order valence-corrected chi connectivity index (χ2v) is 5.58. The zero-order chi connectivity index (χ0) is 18.1. The van der Waals surface area contributed by atoms with Gasteiger partial charge in [-0.05, 0) is 37.6 Å². The van der Waals surface area contributed by atoms with E-state index in [4.69, 9.17) is 10.5 Å². The third-order valence-corrected chi connectivity index (χ3v) is 4.00. The lowest BCUT2D eigenvalue weighted by Crippen LogP contribution is -2.12. The Kier molecular flexibility index (Phi) is 4.10. The highest BCUT2D eigenvalue weighted by Gasteiger charge is 2.17. The molecule has 0 spiro atoms. The van der Waals surface area contributed by atoms with Gasteiger partial charge in [-0.1, -0.05) is 6.07 Å². The molecule has 3 N–H and O–H groups in total. The number of anilines is 2. The van der Waals surface area contributed by atoms with E-state index in [1.54, 1.807) is 41.8 Å². The zero-order valence-electron chi connectivity index (χ0n) is 14.0. The highest BCUT2D eigenvalue weighted by molar-refractivity contribution is 5.94. The van der Waals surface area contributed by atoms with Crippen LogP contribution >= 0.6 is 0 Å². The van der Waals surface area contributed by atoms with Gasteiger partial charge in [0.2, 0.25) is 11.9 Å². The van der Waals surface area contributed by atoms with E-state index >= 15 is 0 Å². The molecule has 1 aromatic carbocycles. The topological polar surface area (TPSA) is 112 Å². The molecule has 0 atom stereocenters. The number of hydrogen-bond acceptors (Lipinski definition) is 6. The standard InChI is InChI=1S/C17H17N5O3/c1-9-4-5-11(15(18)23)6-14(9)20-17-21-19-8-12-7-13(16(24)25-3)10(2)22(12)17/h4-8H,1-3H3,(H2,18,23)(H,20,21). The first kappa shape index (κ1) is 16.4. The fraction of sp³-hybridized carbons (Fsp3) is 0.176. The van der Waals surface area contributed by atoms with Crippen LogP contribution in [0.5, 0.6) is 0 Å². The summed E-state index contributed by atoms with van der Waals surface area (Å²) in [5, 5.41) is 11.2. The van der Waals surface area contributed by atoms with E-state index in [-0.39, 0.29) is 0 Å². The fourth-order valence-electron chi connectivity index (χ4n) is 2.62. The predicted octanol–water partition coefficient (Wildman–Crippen LogP) is 1.98. The molecule has 0 saturated carbocycles. The minimum Gasteiger partial charge on any atom is -0.465 e. The number of ether oxygens (including phenoxy) is 1. The number of primary amides is 1. The van der Waals surface area contributed by atoms with Gasteiger partial charge in [-0.3, -0.25) is 9.20 Å². The number of aryl methyl sites for hydroxylation is 2. The average Bonchev–Trinajstić information content (AvgIpc) is 2.94. The van der Waals surface area contributed by atoms with Crippen molar-refractivity contribution < 1.29 is 14.3 Å². The Balaban J connectivity index is 2.11. The van der Waals surface area contributed by atoms with E-state index in [1.165, 1.54) is 7.11 Å². The number of benzene rings is 1. The number of amides is 1. The van der Waals surface area contributed by atoms with Crippen molar-refractivity contribution >= 4 is 29.0 Å². The molecule has 0 radical (unpaired) electrons. The van der Waals surface area contributed by atoms with Crippen molar-refractivity contribution in [2.75, 3.05) is 12.4 Å². The molecule has 1 amide bonds. The molecule has 8 nitrogen and oxygen atoms in total. The van der Waals surface area contributed by atoms with E-state index in [2.05, 4.69) is 15.5 Å². The number of aromatic nitrogens is 3. The molecule has 2 heterocycles. The lowest BCUT2D eigenvalue weighted by atomic mass is 10.1. The number of hydrogen-bond donors (Lipinski definition) is 2. The lowest BCUT2D eigenvalue weighted by molar-refractivity contribution is 0.0600. The third-order valence-electron chi connectivity index (χ3n) is 4.00. The van der Waals surface area contributed by atoms with Crippen LogP contribution in [0, 0.1) is 13.8 Å². The Hall–Kier alpha value is -3.42. The Morgan fingerprint density at radius 3 is 2.68 bits per heavy atom. The highest BCUT2D eigenvalue weighted by Crippen LogP contribution is 2.24. The van der Waals surface area contributed by atoms with Gasteiger partial charge in [0.1, 0.15) is 0 Å². The number of rotatable bonds is 4. The van der Waals surface area contributed by atoms with Crippen LogP contribution in [0.25, 0.3) is 5.52 Å². The van der Waals surface area contributed by atoms with Gasteiger partial charge in [0.25, 0.3) is 0 Å². The number of nitrogens with two attached hydrogens (primary N) is 1. The van der Waals surface area contributed by atoms with Crippen molar-refractivity contribution in [1.29, 1.82) is 0 Å². The van der Waals surface area contributed by atoms with Crippen molar-refractivity contribution in [3.63, 3.8) is 0 Å². The van der Waals surface area contributed by atoms with E-state index in [1.807, 2.05) is 6.92 Å². The van der Waals surface area contributed by atoms with Gasteiger partial charge in [0.15, 0.2) is 0 Å². The number of carbonyl (C=O) groups excluding carboxylic acids is 2. The maximum Gasteiger partial charge on any atom is 0.339 e. The molecule has 0 aliphatic rings. The van der Waals surface area contributed by atoms with E-state index < -0.39 is 11.9 Å². The second kappa shape index (κ2) is 6.23. The quantitative estimate of drug-likeness (QED) is 0.703. The molecule has 25 heavy (non-hydrogen) atoms. The average molecular weight is 339 g/mol. The van der Waals surface area contributed by atoms with Gasteiger partial charge in [0.05, 0.1) is 24.4 Å². The van der Waals surface area contributed by atoms with Crippen molar-refractivity contribution in [1.82, 2.24) is 14.6 Å². The van der Waals surface area contributed by atoms with Gasteiger partial charge < -0.3 is 15.8 Å². The molecule has 8 heteroatoms. The summed E-state index contributed by atoms with van der Waals surface area (Å²) < 4.78 is 6.56. The van der Waals surface area contributed by atoms with Gasteiger partial charge in [-0.15, -0.1) is 5.10 Å². The van der Waals surface area contributed by atoms with Crippen LogP contribution in [0.1, 0.15) is 32.0 Å². The molecule has 0 unspecified atom stereocenters. The van der Waals surface area contributed by atoms with Crippen molar-refractivity contribution in [3.05, 3.63) is 52.8 Å². The Labute approximate surface area is 143 Å². The highest BCUT2D eigenvalue weighted by atomic mass is 16.5. The van der Waals surface area contributed by atoms with Gasteiger partial charge >= 0.3 is 5.97 Å². The molecule has 0 aliphatic heterocycles. The molecular weight excluding hydrogens is 322 g/mol. The van der Waals surface area contributed by atoms with E-state index in [0.717, 1.165) is 5.56 Å². The van der Waals surface area contributed by atoms with Crippen LogP contribution in [0.15, 0.2) is 30.5 Å². The second-order valence-electron chi connectivity index (χ2n) is 5.58. The SMILES string of the molecule is COC(=O)c1cc2cnnc(Nc3cc(C(N)=O)ccc3C)n2c1C. The first-order valence-corrected chi connectivity index (χ1v) is 7.52. The maximum atomic E-state index is 11.9. The molecule has 2 aromatic heterocycles. The Morgan fingerprint density at radius 1 is 1.24 bits per heavy atom. The predicted molar refractivity (Wildman–Crippen MR) is 92.0 cm³/mol. The summed E-state index contributed by atoms with van der Waals surface area (Å²) in [4.78, 5) is 23.3. The summed E-state index contributed by atoms with van der Waals surface area (Å²) in [6, 6.07) is 6.79. The zero-order valence-corrected chi connectivity index (χ0v) is 14.0. The van der Waals surface area contributed by atoms with Gasteiger partial charge in [-0.25, -0.2) is 4.79 Å². The third kappa shape index (κ3) is 2.89. The van der Waals surface area contributed by atoms with Crippen LogP contribution < -0.4 is 11.1 Å². The van der Waals surface area contributed by atoms with Crippen LogP contribution in [-0.2, 0) is 4.74 Å². The van der Waals surface area contributed by atoms with Crippen LogP contribution in [-0.4, -0.2) is 33.6 Å². The monoisotopic (exact) mass is 339 g/mol. The summed E-state index contributed by atoms with van der Waals surface area (Å²) in [5.41, 5.74) is 9.10. The molecular formula is C17H17N5O3. The fourth-order valence-corrected chi connectivity index (χ4v) is 2.62. The lowest BCUT2D eigenvalue weighted by Gasteiger charge is -2.12. The molecule has 3 rings (SSSR count). The summed E-state index contributed by atoms with van der Waals surface area (Å²) in [6.07, 6.45) is 1.55. The van der Waals surface area contributed by atoms with Crippen LogP contribution in [0.2, 0.25) is 0 Å². The molecule has 0 saturated heterocycles. The summed E-state index contributed by atoms with van der Waals surface area (Å²) in [7, 11) is 1.33. The Morgan fingerprint density at radius 2 is 2.00 bits per heavy atom. The number of fused-ring (bicyclic) bond motifs is 1. The maximum absolute atomic E-state index is 11.9. The van der Waals surface area contributed by atoms with Crippen molar-refractivity contribution in [2.45, 2.75) is 13.8 Å². The summed E-state index contributed by atoms with van der Waals surface area (Å²) in [6.45, 7) is 3.68.